The van der Waals surface area contributed by atoms with Gasteiger partial charge in [0.25, 0.3) is 0 Å². The minimum Gasteiger partial charge on any atom is -0.508 e. The molecule has 1 aromatic rings. The Balaban J connectivity index is 1.72. The van der Waals surface area contributed by atoms with Gasteiger partial charge in [-0.1, -0.05) is 6.07 Å². The quantitative estimate of drug-likeness (QED) is 0.827. The molecule has 22 heavy (non-hydrogen) atoms. The van der Waals surface area contributed by atoms with Crippen LogP contribution in [0.5, 0.6) is 5.75 Å². The van der Waals surface area contributed by atoms with E-state index in [-0.39, 0.29) is 17.6 Å². The number of phenolic OH excluding ortho intramolecular Hbond substituents is 1. The molecule has 2 saturated carbocycles. The van der Waals surface area contributed by atoms with Gasteiger partial charge >= 0.3 is 0 Å². The van der Waals surface area contributed by atoms with Gasteiger partial charge in [-0.15, -0.1) is 0 Å². The fourth-order valence-electron chi connectivity index (χ4n) is 5.68. The average molecular weight is 308 g/mol. The van der Waals surface area contributed by atoms with Crippen LogP contribution in [0.1, 0.15) is 49.1 Å². The lowest BCUT2D eigenvalue weighted by atomic mass is 9.55. The van der Waals surface area contributed by atoms with Crippen LogP contribution >= 0.6 is 0 Å². The Morgan fingerprint density at radius 3 is 2.73 bits per heavy atom. The van der Waals surface area contributed by atoms with Crippen molar-refractivity contribution in [3.63, 3.8) is 0 Å². The lowest BCUT2D eigenvalue weighted by Gasteiger charge is -2.51. The van der Waals surface area contributed by atoms with Crippen molar-refractivity contribution >= 4 is 0 Å². The molecular weight excluding hydrogens is 286 g/mol. The molecule has 120 valence electrons. The van der Waals surface area contributed by atoms with E-state index in [1.165, 1.54) is 11.1 Å². The van der Waals surface area contributed by atoms with Gasteiger partial charge in [-0.25, -0.2) is 8.78 Å². The molecule has 0 aliphatic heterocycles. The summed E-state index contributed by atoms with van der Waals surface area (Å²) in [6.45, 7) is 0. The maximum Gasteiger partial charge on any atom is 0.246 e. The van der Waals surface area contributed by atoms with E-state index in [2.05, 4.69) is 0 Å². The van der Waals surface area contributed by atoms with E-state index in [0.29, 0.717) is 18.8 Å². The average Bonchev–Trinajstić information content (AvgIpc) is 2.85. The fraction of sp³-hybridized carbons (Fsp3) is 0.667. The predicted octanol–water partition coefficient (Wildman–Crippen LogP) is 3.85. The van der Waals surface area contributed by atoms with Gasteiger partial charge in [-0.05, 0) is 79.5 Å². The van der Waals surface area contributed by atoms with E-state index < -0.39 is 17.9 Å². The minimum atomic E-state index is -2.43. The second-order valence-corrected chi connectivity index (χ2v) is 7.34. The zero-order valence-corrected chi connectivity index (χ0v) is 12.5. The molecule has 2 nitrogen and oxygen atoms in total. The number of aromatic hydroxyl groups is 1. The largest absolute Gasteiger partial charge is 0.508 e. The van der Waals surface area contributed by atoms with Gasteiger partial charge in [0.2, 0.25) is 6.43 Å². The van der Waals surface area contributed by atoms with Gasteiger partial charge in [0.1, 0.15) is 5.75 Å². The molecule has 5 atom stereocenters. The third kappa shape index (κ3) is 1.79. The normalized spacial score (nSPS) is 40.2. The highest BCUT2D eigenvalue weighted by atomic mass is 19.3. The van der Waals surface area contributed by atoms with E-state index in [1.54, 1.807) is 6.07 Å². The first-order chi connectivity index (χ1) is 10.5. The van der Waals surface area contributed by atoms with Crippen LogP contribution in [0.2, 0.25) is 0 Å². The Labute approximate surface area is 129 Å². The van der Waals surface area contributed by atoms with Crippen molar-refractivity contribution in [3.8, 4) is 5.75 Å². The molecule has 0 heterocycles. The van der Waals surface area contributed by atoms with Gasteiger partial charge in [0.15, 0.2) is 0 Å². The number of alkyl halides is 2. The molecule has 0 spiro atoms. The molecule has 0 saturated heterocycles. The number of benzene rings is 1. The lowest BCUT2D eigenvalue weighted by Crippen LogP contribution is -2.50. The number of hydrogen-bond acceptors (Lipinski definition) is 2. The van der Waals surface area contributed by atoms with Gasteiger partial charge in [-0.2, -0.15) is 0 Å². The molecule has 0 radical (unpaired) electrons. The van der Waals surface area contributed by atoms with Crippen molar-refractivity contribution in [3.05, 3.63) is 29.3 Å². The van der Waals surface area contributed by atoms with E-state index in [0.717, 1.165) is 25.7 Å². The number of halogens is 2. The summed E-state index contributed by atoms with van der Waals surface area (Å²) in [5.74, 6) is 0.776. The summed E-state index contributed by atoms with van der Waals surface area (Å²) in [5.41, 5.74) is 1.23. The molecule has 4 rings (SSSR count). The number of rotatable bonds is 1. The van der Waals surface area contributed by atoms with Crippen LogP contribution in [0, 0.1) is 17.3 Å². The van der Waals surface area contributed by atoms with E-state index >= 15 is 0 Å². The number of hydrogen-bond donors (Lipinski definition) is 2. The molecule has 1 aromatic carbocycles. The van der Waals surface area contributed by atoms with Crippen molar-refractivity contribution in [1.82, 2.24) is 0 Å². The van der Waals surface area contributed by atoms with Crippen molar-refractivity contribution < 1.29 is 19.0 Å². The number of phenols is 1. The second-order valence-electron chi connectivity index (χ2n) is 7.34. The molecule has 1 unspecified atom stereocenters. The van der Waals surface area contributed by atoms with Crippen molar-refractivity contribution in [2.75, 3.05) is 0 Å². The Morgan fingerprint density at radius 1 is 1.14 bits per heavy atom. The van der Waals surface area contributed by atoms with Crippen LogP contribution in [0.25, 0.3) is 0 Å². The molecule has 2 N–H and O–H groups in total. The summed E-state index contributed by atoms with van der Waals surface area (Å²) >= 11 is 0. The molecule has 0 amide bonds. The monoisotopic (exact) mass is 308 g/mol. The zero-order chi connectivity index (χ0) is 15.5. The van der Waals surface area contributed by atoms with E-state index in [4.69, 9.17) is 0 Å². The van der Waals surface area contributed by atoms with Crippen LogP contribution in [0.15, 0.2) is 18.2 Å². The maximum atomic E-state index is 13.8. The Hall–Kier alpha value is -1.16. The van der Waals surface area contributed by atoms with Crippen molar-refractivity contribution in [2.24, 2.45) is 17.3 Å². The first-order valence-electron chi connectivity index (χ1n) is 8.32. The van der Waals surface area contributed by atoms with Crippen LogP contribution in [-0.2, 0) is 6.42 Å². The second kappa shape index (κ2) is 4.92. The Bertz CT molecular complexity index is 588. The first kappa shape index (κ1) is 14.4. The summed E-state index contributed by atoms with van der Waals surface area (Å²) in [7, 11) is 0. The highest BCUT2D eigenvalue weighted by molar-refractivity contribution is 5.40. The van der Waals surface area contributed by atoms with Crippen molar-refractivity contribution in [2.45, 2.75) is 57.0 Å². The molecule has 2 fully saturated rings. The van der Waals surface area contributed by atoms with Gasteiger partial charge < -0.3 is 10.2 Å². The summed E-state index contributed by atoms with van der Waals surface area (Å²) in [6.07, 6.45) is 0.833. The first-order valence-corrected chi connectivity index (χ1v) is 8.32. The Kier molecular flexibility index (Phi) is 3.23. The van der Waals surface area contributed by atoms with Crippen LogP contribution in [0.3, 0.4) is 0 Å². The highest BCUT2D eigenvalue weighted by Crippen LogP contribution is 2.63. The van der Waals surface area contributed by atoms with Gasteiger partial charge in [-0.3, -0.25) is 0 Å². The summed E-state index contributed by atoms with van der Waals surface area (Å²) in [5, 5.41) is 19.9. The lowest BCUT2D eigenvalue weighted by molar-refractivity contribution is -0.134. The minimum absolute atomic E-state index is 0.0665. The molecule has 3 aliphatic carbocycles. The smallest absolute Gasteiger partial charge is 0.246 e. The fourth-order valence-corrected chi connectivity index (χ4v) is 5.68. The number of aryl methyl sites for hydroxylation is 1. The Morgan fingerprint density at radius 2 is 1.95 bits per heavy atom. The number of fused-ring (bicyclic) bond motifs is 5. The SMILES string of the molecule is Oc1ccc2c(c1)CC[C@@H]1[C@@H]2CC[C@]2(C(F)F)C(O)CC[C@@H]12. The third-order valence-corrected chi connectivity index (χ3v) is 6.66. The van der Waals surface area contributed by atoms with Crippen LogP contribution in [0.4, 0.5) is 8.78 Å². The zero-order valence-electron chi connectivity index (χ0n) is 12.5. The third-order valence-electron chi connectivity index (χ3n) is 6.66. The van der Waals surface area contributed by atoms with Gasteiger partial charge in [0.05, 0.1) is 11.5 Å². The molecular formula is C18H22F2O2. The number of aliphatic hydroxyl groups is 1. The van der Waals surface area contributed by atoms with Crippen molar-refractivity contribution in [1.29, 1.82) is 0 Å². The summed E-state index contributed by atoms with van der Waals surface area (Å²) in [6, 6.07) is 5.51. The maximum absolute atomic E-state index is 13.8. The molecule has 0 bridgehead atoms. The van der Waals surface area contributed by atoms with Crippen LogP contribution in [-0.4, -0.2) is 22.7 Å². The summed E-state index contributed by atoms with van der Waals surface area (Å²) < 4.78 is 27.7. The molecule has 3 aliphatic rings. The summed E-state index contributed by atoms with van der Waals surface area (Å²) in [4.78, 5) is 0. The van der Waals surface area contributed by atoms with E-state index in [1.807, 2.05) is 12.1 Å². The highest BCUT2D eigenvalue weighted by Gasteiger charge is 2.61. The molecule has 0 aromatic heterocycles. The standard InChI is InChI=1S/C18H22F2O2/c19-17(20)18-8-7-13-12-4-2-11(21)9-10(12)1-3-14(13)15(18)5-6-16(18)22/h2,4,9,13-17,21-22H,1,3,5-8H2/t13-,14-,15+,16?,18-/m1/s1. The van der Waals surface area contributed by atoms with Gasteiger partial charge in [0, 0.05) is 0 Å². The number of aliphatic hydroxyl groups excluding tert-OH is 1. The topological polar surface area (TPSA) is 40.5 Å². The van der Waals surface area contributed by atoms with Crippen LogP contribution < -0.4 is 0 Å². The van der Waals surface area contributed by atoms with E-state index in [9.17, 15) is 19.0 Å². The molecule has 4 heteroatoms. The predicted molar refractivity (Wildman–Crippen MR) is 79.1 cm³/mol.